The summed E-state index contributed by atoms with van der Waals surface area (Å²) in [5, 5.41) is 3.93. The molecule has 0 unspecified atom stereocenters. The summed E-state index contributed by atoms with van der Waals surface area (Å²) >= 11 is 1.24. The second kappa shape index (κ2) is 7.14. The van der Waals surface area contributed by atoms with Crippen molar-refractivity contribution in [2.45, 2.75) is 42.9 Å². The highest BCUT2D eigenvalue weighted by atomic mass is 32.2. The molecular formula is C18H20N4O3S2. The van der Waals surface area contributed by atoms with Crippen LogP contribution < -0.4 is 0 Å². The van der Waals surface area contributed by atoms with Gasteiger partial charge in [-0.2, -0.15) is 9.29 Å². The van der Waals surface area contributed by atoms with Gasteiger partial charge in [-0.1, -0.05) is 11.6 Å². The van der Waals surface area contributed by atoms with Crippen LogP contribution in [-0.2, 0) is 16.6 Å². The third kappa shape index (κ3) is 3.67. The van der Waals surface area contributed by atoms with Crippen LogP contribution in [0.5, 0.6) is 0 Å². The highest BCUT2D eigenvalue weighted by Crippen LogP contribution is 2.35. The van der Waals surface area contributed by atoms with Gasteiger partial charge in [0.2, 0.25) is 5.89 Å². The van der Waals surface area contributed by atoms with Crippen molar-refractivity contribution in [2.24, 2.45) is 0 Å². The van der Waals surface area contributed by atoms with E-state index < -0.39 is 10.0 Å². The lowest BCUT2D eigenvalue weighted by Gasteiger charge is -2.20. The van der Waals surface area contributed by atoms with Crippen LogP contribution in [0.1, 0.15) is 42.6 Å². The maximum absolute atomic E-state index is 12.9. The molecular weight excluding hydrogens is 384 g/mol. The van der Waals surface area contributed by atoms with Gasteiger partial charge in [0.25, 0.3) is 10.0 Å². The summed E-state index contributed by atoms with van der Waals surface area (Å²) in [6, 6.07) is 7.27. The van der Waals surface area contributed by atoms with Crippen LogP contribution in [0, 0.1) is 6.92 Å². The SMILES string of the molecule is Cc1cc(-c2ccc(S(=O)(=O)N(C)Cc3noc(C4CCC4)n3)s2)ccn1. The van der Waals surface area contributed by atoms with Crippen molar-refractivity contribution in [1.82, 2.24) is 19.4 Å². The molecule has 1 fully saturated rings. The van der Waals surface area contributed by atoms with Crippen LogP contribution in [0.4, 0.5) is 0 Å². The molecule has 27 heavy (non-hydrogen) atoms. The van der Waals surface area contributed by atoms with E-state index in [0.29, 0.717) is 17.6 Å². The van der Waals surface area contributed by atoms with Crippen LogP contribution in [0.2, 0.25) is 0 Å². The molecule has 0 aromatic carbocycles. The Balaban J connectivity index is 1.51. The Hall–Kier alpha value is -2.10. The molecule has 0 N–H and O–H groups in total. The Kier molecular flexibility index (Phi) is 4.83. The molecule has 0 bridgehead atoms. The molecule has 4 rings (SSSR count). The predicted octanol–water partition coefficient (Wildman–Crippen LogP) is 3.59. The molecule has 1 saturated carbocycles. The van der Waals surface area contributed by atoms with E-state index in [4.69, 9.17) is 4.52 Å². The number of nitrogens with zero attached hydrogens (tertiary/aromatic N) is 4. The van der Waals surface area contributed by atoms with Gasteiger partial charge in [-0.25, -0.2) is 8.42 Å². The second-order valence-electron chi connectivity index (χ2n) is 6.74. The number of hydrogen-bond donors (Lipinski definition) is 0. The Morgan fingerprint density at radius 2 is 2.11 bits per heavy atom. The summed E-state index contributed by atoms with van der Waals surface area (Å²) in [4.78, 5) is 9.42. The van der Waals surface area contributed by atoms with Crippen molar-refractivity contribution in [1.29, 1.82) is 0 Å². The third-order valence-corrected chi connectivity index (χ3v) is 8.13. The standard InChI is InChI=1S/C18H20N4O3S2/c1-12-10-14(8-9-19-12)15-6-7-17(26-15)27(23,24)22(2)11-16-20-18(25-21-16)13-4-3-5-13/h6-10,13H,3-5,11H2,1-2H3. The summed E-state index contributed by atoms with van der Waals surface area (Å²) < 4.78 is 32.6. The van der Waals surface area contributed by atoms with E-state index in [2.05, 4.69) is 15.1 Å². The summed E-state index contributed by atoms with van der Waals surface area (Å²) in [5.41, 5.74) is 1.85. The minimum absolute atomic E-state index is 0.0835. The molecule has 0 amide bonds. The fourth-order valence-corrected chi connectivity index (χ4v) is 5.54. The van der Waals surface area contributed by atoms with E-state index in [0.717, 1.165) is 29.0 Å². The van der Waals surface area contributed by atoms with Gasteiger partial charge in [0.05, 0.1) is 6.54 Å². The Labute approximate surface area is 162 Å². The van der Waals surface area contributed by atoms with Crippen molar-refractivity contribution in [3.8, 4) is 10.4 Å². The zero-order valence-corrected chi connectivity index (χ0v) is 16.8. The molecule has 0 spiro atoms. The van der Waals surface area contributed by atoms with Crippen molar-refractivity contribution < 1.29 is 12.9 Å². The Bertz CT molecular complexity index is 1050. The van der Waals surface area contributed by atoms with Gasteiger partial charge in [-0.05, 0) is 49.6 Å². The number of aryl methyl sites for hydroxylation is 1. The first kappa shape index (κ1) is 18.3. The fraction of sp³-hybridized carbons (Fsp3) is 0.389. The first-order valence-electron chi connectivity index (χ1n) is 8.75. The molecule has 0 saturated heterocycles. The molecule has 1 aliphatic rings. The molecule has 0 atom stereocenters. The van der Waals surface area contributed by atoms with Gasteiger partial charge in [-0.15, -0.1) is 11.3 Å². The average Bonchev–Trinajstić information content (AvgIpc) is 3.23. The minimum Gasteiger partial charge on any atom is -0.339 e. The third-order valence-electron chi connectivity index (χ3n) is 4.73. The summed E-state index contributed by atoms with van der Waals surface area (Å²) in [6.45, 7) is 1.99. The number of thiophene rings is 1. The van der Waals surface area contributed by atoms with Crippen LogP contribution in [0.15, 0.2) is 39.2 Å². The van der Waals surface area contributed by atoms with Gasteiger partial charge >= 0.3 is 0 Å². The van der Waals surface area contributed by atoms with E-state index in [1.165, 1.54) is 29.1 Å². The lowest BCUT2D eigenvalue weighted by atomic mass is 9.85. The van der Waals surface area contributed by atoms with Gasteiger partial charge in [0, 0.05) is 29.7 Å². The van der Waals surface area contributed by atoms with Crippen LogP contribution >= 0.6 is 11.3 Å². The molecule has 0 radical (unpaired) electrons. The molecule has 3 aromatic heterocycles. The van der Waals surface area contributed by atoms with Crippen LogP contribution in [0.3, 0.4) is 0 Å². The smallest absolute Gasteiger partial charge is 0.252 e. The number of sulfonamides is 1. The monoisotopic (exact) mass is 404 g/mol. The molecule has 9 heteroatoms. The van der Waals surface area contributed by atoms with E-state index >= 15 is 0 Å². The summed E-state index contributed by atoms with van der Waals surface area (Å²) in [6.07, 6.45) is 5.01. The largest absolute Gasteiger partial charge is 0.339 e. The number of pyridine rings is 1. The van der Waals surface area contributed by atoms with E-state index in [1.807, 2.05) is 25.1 Å². The normalized spacial score (nSPS) is 15.2. The van der Waals surface area contributed by atoms with Gasteiger partial charge in [-0.3, -0.25) is 4.98 Å². The van der Waals surface area contributed by atoms with E-state index in [-0.39, 0.29) is 10.8 Å². The van der Waals surface area contributed by atoms with Crippen LogP contribution in [-0.4, -0.2) is 34.9 Å². The van der Waals surface area contributed by atoms with Crippen molar-refractivity contribution in [3.05, 3.63) is 47.9 Å². The zero-order chi connectivity index (χ0) is 19.0. The number of aromatic nitrogens is 3. The van der Waals surface area contributed by atoms with Crippen molar-refractivity contribution >= 4 is 21.4 Å². The topological polar surface area (TPSA) is 89.2 Å². The van der Waals surface area contributed by atoms with E-state index in [1.54, 1.807) is 12.3 Å². The van der Waals surface area contributed by atoms with Gasteiger partial charge in [0.1, 0.15) is 4.21 Å². The minimum atomic E-state index is -3.62. The highest BCUT2D eigenvalue weighted by Gasteiger charge is 2.28. The van der Waals surface area contributed by atoms with Crippen molar-refractivity contribution in [3.63, 3.8) is 0 Å². The predicted molar refractivity (Wildman–Crippen MR) is 102 cm³/mol. The fourth-order valence-electron chi connectivity index (χ4n) is 2.90. The van der Waals surface area contributed by atoms with Gasteiger partial charge in [0.15, 0.2) is 5.82 Å². The molecule has 1 aliphatic carbocycles. The molecule has 7 nitrogen and oxygen atoms in total. The maximum atomic E-state index is 12.9. The first-order chi connectivity index (χ1) is 12.9. The van der Waals surface area contributed by atoms with Crippen LogP contribution in [0.25, 0.3) is 10.4 Å². The Morgan fingerprint density at radius 3 is 2.81 bits per heavy atom. The van der Waals surface area contributed by atoms with E-state index in [9.17, 15) is 8.42 Å². The molecule has 3 heterocycles. The number of rotatable bonds is 6. The van der Waals surface area contributed by atoms with Crippen molar-refractivity contribution in [2.75, 3.05) is 7.05 Å². The average molecular weight is 405 g/mol. The van der Waals surface area contributed by atoms with Gasteiger partial charge < -0.3 is 4.52 Å². The highest BCUT2D eigenvalue weighted by molar-refractivity contribution is 7.91. The lowest BCUT2D eigenvalue weighted by molar-refractivity contribution is 0.290. The molecule has 142 valence electrons. The zero-order valence-electron chi connectivity index (χ0n) is 15.1. The first-order valence-corrected chi connectivity index (χ1v) is 11.0. The summed E-state index contributed by atoms with van der Waals surface area (Å²) in [7, 11) is -2.09. The second-order valence-corrected chi connectivity index (χ2v) is 10.1. The Morgan fingerprint density at radius 1 is 1.30 bits per heavy atom. The molecule has 0 aliphatic heterocycles. The molecule has 3 aromatic rings. The lowest BCUT2D eigenvalue weighted by Crippen LogP contribution is -2.26. The summed E-state index contributed by atoms with van der Waals surface area (Å²) in [5.74, 6) is 1.34. The number of hydrogen-bond acceptors (Lipinski definition) is 7. The quantitative estimate of drug-likeness (QED) is 0.624. The maximum Gasteiger partial charge on any atom is 0.252 e.